The van der Waals surface area contributed by atoms with Crippen LogP contribution in [0.15, 0.2) is 11.1 Å². The molecule has 0 radical (unpaired) electrons. The highest BCUT2D eigenvalue weighted by molar-refractivity contribution is 5.37. The second-order valence-electron chi connectivity index (χ2n) is 4.43. The van der Waals surface area contributed by atoms with Crippen LogP contribution < -0.4 is 5.56 Å². The van der Waals surface area contributed by atoms with Gasteiger partial charge in [0.25, 0.3) is 5.56 Å². The summed E-state index contributed by atoms with van der Waals surface area (Å²) < 4.78 is 2.11. The zero-order valence-electron chi connectivity index (χ0n) is 9.11. The molecule has 1 aliphatic carbocycles. The third-order valence-corrected chi connectivity index (χ3v) is 3.28. The number of hydrogen-bond acceptors (Lipinski definition) is 2. The normalized spacial score (nSPS) is 24.6. The maximum absolute atomic E-state index is 11.5. The second kappa shape index (κ2) is 2.94. The van der Waals surface area contributed by atoms with Crippen LogP contribution in [-0.2, 0) is 0 Å². The number of aromatic nitrogens is 2. The molecule has 0 bridgehead atoms. The van der Waals surface area contributed by atoms with Gasteiger partial charge in [-0.2, -0.15) is 4.98 Å². The Morgan fingerprint density at radius 2 is 2.00 bits per heavy atom. The summed E-state index contributed by atoms with van der Waals surface area (Å²) in [5.74, 6) is 0.860. The van der Waals surface area contributed by atoms with Gasteiger partial charge in [0.2, 0.25) is 0 Å². The molecule has 2 atom stereocenters. The van der Waals surface area contributed by atoms with Gasteiger partial charge >= 0.3 is 0 Å². The Hall–Kier alpha value is -1.12. The van der Waals surface area contributed by atoms with Gasteiger partial charge in [0.1, 0.15) is 0 Å². The van der Waals surface area contributed by atoms with Crippen LogP contribution in [0.1, 0.15) is 56.8 Å². The first-order chi connectivity index (χ1) is 6.54. The number of rotatable bonds is 1. The summed E-state index contributed by atoms with van der Waals surface area (Å²) in [4.78, 5) is 15.4. The molecule has 0 aromatic carbocycles. The summed E-state index contributed by atoms with van der Waals surface area (Å²) in [6.07, 6.45) is 1.67. The van der Waals surface area contributed by atoms with Crippen LogP contribution in [0.2, 0.25) is 0 Å². The fraction of sp³-hybridized carbons (Fsp3) is 0.636. The first kappa shape index (κ1) is 9.44. The molecule has 1 heterocycles. The van der Waals surface area contributed by atoms with E-state index in [1.807, 2.05) is 0 Å². The van der Waals surface area contributed by atoms with E-state index in [4.69, 9.17) is 0 Å². The molecule has 0 spiro atoms. The average Bonchev–Trinajstić information content (AvgIpc) is 2.15. The SMILES string of the molecule is CC1c2c(n(C(C)C)cnc2=O)C1C. The van der Waals surface area contributed by atoms with E-state index in [1.165, 1.54) is 5.69 Å². The van der Waals surface area contributed by atoms with Crippen molar-refractivity contribution < 1.29 is 0 Å². The van der Waals surface area contributed by atoms with Crippen molar-refractivity contribution in [2.45, 2.75) is 45.6 Å². The Labute approximate surface area is 83.8 Å². The minimum absolute atomic E-state index is 0.0394. The Kier molecular flexibility index (Phi) is 1.98. The molecule has 2 unspecified atom stereocenters. The number of nitrogens with zero attached hydrogens (tertiary/aromatic N) is 2. The zero-order chi connectivity index (χ0) is 10.5. The molecular formula is C11H16N2O. The van der Waals surface area contributed by atoms with Crippen molar-refractivity contribution in [2.24, 2.45) is 0 Å². The fourth-order valence-corrected chi connectivity index (χ4v) is 2.21. The summed E-state index contributed by atoms with van der Waals surface area (Å²) in [6, 6.07) is 0.381. The van der Waals surface area contributed by atoms with Crippen molar-refractivity contribution in [3.05, 3.63) is 27.9 Å². The molecule has 0 N–H and O–H groups in total. The zero-order valence-corrected chi connectivity index (χ0v) is 9.11. The molecule has 1 aliphatic rings. The van der Waals surface area contributed by atoms with Crippen molar-refractivity contribution in [3.63, 3.8) is 0 Å². The van der Waals surface area contributed by atoms with Gasteiger partial charge in [0.15, 0.2) is 0 Å². The highest BCUT2D eigenvalue weighted by atomic mass is 16.1. The molecule has 3 heteroatoms. The lowest BCUT2D eigenvalue weighted by molar-refractivity contribution is 0.432. The lowest BCUT2D eigenvalue weighted by atomic mass is 9.73. The van der Waals surface area contributed by atoms with Crippen molar-refractivity contribution in [1.29, 1.82) is 0 Å². The molecule has 14 heavy (non-hydrogen) atoms. The maximum atomic E-state index is 11.5. The molecule has 0 saturated heterocycles. The van der Waals surface area contributed by atoms with Crippen molar-refractivity contribution in [3.8, 4) is 0 Å². The van der Waals surface area contributed by atoms with E-state index >= 15 is 0 Å². The number of fused-ring (bicyclic) bond motifs is 1. The largest absolute Gasteiger partial charge is 0.333 e. The quantitative estimate of drug-likeness (QED) is 0.682. The first-order valence-corrected chi connectivity index (χ1v) is 5.15. The predicted molar refractivity (Wildman–Crippen MR) is 55.7 cm³/mol. The van der Waals surface area contributed by atoms with Gasteiger partial charge in [-0.1, -0.05) is 13.8 Å². The Bertz CT molecular complexity index is 420. The van der Waals surface area contributed by atoms with Gasteiger partial charge in [-0.05, 0) is 19.8 Å². The fourth-order valence-electron chi connectivity index (χ4n) is 2.21. The highest BCUT2D eigenvalue weighted by Gasteiger charge is 2.36. The standard InChI is InChI=1S/C11H16N2O/c1-6(2)13-5-12-11(14)9-7(3)8(4)10(9)13/h5-8H,1-4H3. The van der Waals surface area contributed by atoms with Crippen LogP contribution in [0.5, 0.6) is 0 Å². The predicted octanol–water partition coefficient (Wildman–Crippen LogP) is 2.04. The van der Waals surface area contributed by atoms with Gasteiger partial charge in [-0.25, -0.2) is 0 Å². The van der Waals surface area contributed by atoms with Crippen LogP contribution in [-0.4, -0.2) is 9.55 Å². The van der Waals surface area contributed by atoms with Gasteiger partial charge in [-0.3, -0.25) is 4.79 Å². The minimum atomic E-state index is -0.0394. The van der Waals surface area contributed by atoms with Gasteiger partial charge in [0, 0.05) is 23.2 Å². The van der Waals surface area contributed by atoms with Crippen molar-refractivity contribution in [2.75, 3.05) is 0 Å². The van der Waals surface area contributed by atoms with Crippen LogP contribution in [0.4, 0.5) is 0 Å². The summed E-state index contributed by atoms with van der Waals surface area (Å²) >= 11 is 0. The topological polar surface area (TPSA) is 34.9 Å². The molecular weight excluding hydrogens is 176 g/mol. The third kappa shape index (κ3) is 1.04. The summed E-state index contributed by atoms with van der Waals surface area (Å²) in [6.45, 7) is 8.50. The van der Waals surface area contributed by atoms with Gasteiger partial charge in [0.05, 0.1) is 6.33 Å². The third-order valence-electron chi connectivity index (χ3n) is 3.28. The van der Waals surface area contributed by atoms with E-state index < -0.39 is 0 Å². The van der Waals surface area contributed by atoms with E-state index in [1.54, 1.807) is 6.33 Å². The smallest absolute Gasteiger partial charge is 0.276 e. The van der Waals surface area contributed by atoms with Crippen LogP contribution in [0, 0.1) is 0 Å². The van der Waals surface area contributed by atoms with Crippen LogP contribution in [0.3, 0.4) is 0 Å². The van der Waals surface area contributed by atoms with Crippen LogP contribution >= 0.6 is 0 Å². The highest BCUT2D eigenvalue weighted by Crippen LogP contribution is 2.43. The van der Waals surface area contributed by atoms with E-state index in [0.717, 1.165) is 5.56 Å². The first-order valence-electron chi connectivity index (χ1n) is 5.15. The molecule has 1 aromatic rings. The van der Waals surface area contributed by atoms with E-state index in [2.05, 4.69) is 37.2 Å². The second-order valence-corrected chi connectivity index (χ2v) is 4.43. The molecule has 0 aliphatic heterocycles. The average molecular weight is 192 g/mol. The van der Waals surface area contributed by atoms with E-state index in [9.17, 15) is 4.79 Å². The monoisotopic (exact) mass is 192 g/mol. The molecule has 0 saturated carbocycles. The minimum Gasteiger partial charge on any atom is -0.333 e. The maximum Gasteiger partial charge on any atom is 0.276 e. The summed E-state index contributed by atoms with van der Waals surface area (Å²) in [5.41, 5.74) is 2.07. The van der Waals surface area contributed by atoms with Crippen molar-refractivity contribution in [1.82, 2.24) is 9.55 Å². The Morgan fingerprint density at radius 1 is 1.36 bits per heavy atom. The lowest BCUT2D eigenvalue weighted by Gasteiger charge is -2.37. The van der Waals surface area contributed by atoms with Crippen LogP contribution in [0.25, 0.3) is 0 Å². The molecule has 0 fully saturated rings. The summed E-state index contributed by atoms with van der Waals surface area (Å²) in [5, 5.41) is 0. The molecule has 3 nitrogen and oxygen atoms in total. The summed E-state index contributed by atoms with van der Waals surface area (Å²) in [7, 11) is 0. The van der Waals surface area contributed by atoms with Gasteiger partial charge < -0.3 is 4.57 Å². The van der Waals surface area contributed by atoms with E-state index in [-0.39, 0.29) is 5.56 Å². The van der Waals surface area contributed by atoms with E-state index in [0.29, 0.717) is 17.9 Å². The van der Waals surface area contributed by atoms with Crippen molar-refractivity contribution >= 4 is 0 Å². The Balaban J connectivity index is 2.65. The molecule has 0 amide bonds. The number of hydrogen-bond donors (Lipinski definition) is 0. The molecule has 1 aromatic heterocycles. The Morgan fingerprint density at radius 3 is 2.57 bits per heavy atom. The molecule has 76 valence electrons. The molecule has 2 rings (SSSR count). The lowest BCUT2D eigenvalue weighted by Crippen LogP contribution is -2.35. The van der Waals surface area contributed by atoms with Gasteiger partial charge in [-0.15, -0.1) is 0 Å².